The molecule has 1 fully saturated rings. The van der Waals surface area contributed by atoms with E-state index in [0.717, 1.165) is 12.8 Å². The summed E-state index contributed by atoms with van der Waals surface area (Å²) in [5.74, 6) is -5.42. The predicted octanol–water partition coefficient (Wildman–Crippen LogP) is -4.28. The summed E-state index contributed by atoms with van der Waals surface area (Å²) >= 11 is 0. The number of hydrogen-bond donors (Lipinski definition) is 5. The summed E-state index contributed by atoms with van der Waals surface area (Å²) in [6.07, 6.45) is -0.578. The normalized spacial score (nSPS) is 25.3. The molecule has 12 heteroatoms. The second-order valence-electron chi connectivity index (χ2n) is 8.48. The van der Waals surface area contributed by atoms with E-state index >= 15 is 0 Å². The molecular formula is C20H27N3O9-2. The molecule has 2 rings (SSSR count). The number of amides is 3. The average molecular weight is 453 g/mol. The molecule has 0 heterocycles. The Morgan fingerprint density at radius 1 is 1.09 bits per heavy atom. The van der Waals surface area contributed by atoms with E-state index in [1.807, 2.05) is 0 Å². The summed E-state index contributed by atoms with van der Waals surface area (Å²) in [6.45, 7) is 0. The molecule has 6 N–H and O–H groups in total. The molecular weight excluding hydrogens is 426 g/mol. The van der Waals surface area contributed by atoms with E-state index < -0.39 is 65.8 Å². The zero-order chi connectivity index (χ0) is 24.1. The van der Waals surface area contributed by atoms with E-state index in [1.54, 1.807) is 0 Å². The van der Waals surface area contributed by atoms with Crippen LogP contribution < -0.4 is 26.6 Å². The van der Waals surface area contributed by atoms with Gasteiger partial charge in [-0.3, -0.25) is 14.4 Å². The Hall–Kier alpha value is -2.99. The Balaban J connectivity index is 2.11. The first-order valence-corrected chi connectivity index (χ1v) is 10.3. The second-order valence-corrected chi connectivity index (χ2v) is 8.48. The number of aliphatic hydroxyl groups is 2. The Morgan fingerprint density at radius 3 is 2.25 bits per heavy atom. The van der Waals surface area contributed by atoms with Gasteiger partial charge in [0.05, 0.1) is 12.1 Å². The van der Waals surface area contributed by atoms with E-state index in [2.05, 4.69) is 10.6 Å². The smallest absolute Gasteiger partial charge is 0.247 e. The van der Waals surface area contributed by atoms with Gasteiger partial charge in [0, 0.05) is 36.8 Å². The van der Waals surface area contributed by atoms with Gasteiger partial charge in [0.2, 0.25) is 17.7 Å². The van der Waals surface area contributed by atoms with Gasteiger partial charge in [-0.05, 0) is 24.7 Å². The molecule has 3 amide bonds. The first-order valence-electron chi connectivity index (χ1n) is 10.3. The fourth-order valence-electron chi connectivity index (χ4n) is 4.33. The van der Waals surface area contributed by atoms with Crippen LogP contribution >= 0.6 is 0 Å². The number of carbonyl (C=O) groups is 5. The third-order valence-corrected chi connectivity index (χ3v) is 5.93. The fourth-order valence-corrected chi connectivity index (χ4v) is 4.33. The number of carboxylic acids is 2. The molecule has 0 saturated heterocycles. The number of aliphatic carboxylic acids is 2. The van der Waals surface area contributed by atoms with Gasteiger partial charge in [0.15, 0.2) is 0 Å². The van der Waals surface area contributed by atoms with Crippen molar-refractivity contribution in [2.45, 2.75) is 75.7 Å². The molecule has 12 nitrogen and oxygen atoms in total. The minimum absolute atomic E-state index is 0.0944. The predicted molar refractivity (Wildman–Crippen MR) is 103 cm³/mol. The third-order valence-electron chi connectivity index (χ3n) is 5.93. The van der Waals surface area contributed by atoms with Gasteiger partial charge in [0.25, 0.3) is 0 Å². The molecule has 2 aliphatic rings. The van der Waals surface area contributed by atoms with Crippen LogP contribution in [0.25, 0.3) is 0 Å². The van der Waals surface area contributed by atoms with E-state index in [0.29, 0.717) is 12.8 Å². The van der Waals surface area contributed by atoms with Crippen LogP contribution in [0.1, 0.15) is 51.4 Å². The SMILES string of the molecule is NC(=O)[C@@H](CC(=O)[O-])NC(=O)C1=C[C@@H](NC(=O)CC2(CC(=O)[O-])CCCC2)[C@@H](O)[C@H](O)C1. The van der Waals surface area contributed by atoms with Crippen LogP contribution in [0.15, 0.2) is 11.6 Å². The molecule has 32 heavy (non-hydrogen) atoms. The maximum absolute atomic E-state index is 12.6. The summed E-state index contributed by atoms with van der Waals surface area (Å²) in [5, 5.41) is 46.8. The van der Waals surface area contributed by atoms with Crippen LogP contribution in [0.2, 0.25) is 0 Å². The van der Waals surface area contributed by atoms with Crippen LogP contribution in [0, 0.1) is 5.41 Å². The number of primary amides is 1. The monoisotopic (exact) mass is 453 g/mol. The van der Waals surface area contributed by atoms with Gasteiger partial charge in [-0.25, -0.2) is 0 Å². The number of rotatable bonds is 10. The van der Waals surface area contributed by atoms with Crippen molar-refractivity contribution in [1.82, 2.24) is 10.6 Å². The first kappa shape index (κ1) is 25.3. The number of carbonyl (C=O) groups excluding carboxylic acids is 5. The Labute approximate surface area is 183 Å². The lowest BCUT2D eigenvalue weighted by molar-refractivity contribution is -0.308. The van der Waals surface area contributed by atoms with Crippen molar-refractivity contribution >= 4 is 29.7 Å². The molecule has 0 aliphatic heterocycles. The highest BCUT2D eigenvalue weighted by molar-refractivity contribution is 5.98. The number of carboxylic acid groups (broad SMARTS) is 2. The molecule has 0 bridgehead atoms. The molecule has 0 spiro atoms. The first-order chi connectivity index (χ1) is 14.9. The van der Waals surface area contributed by atoms with Crippen molar-refractivity contribution in [3.05, 3.63) is 11.6 Å². The highest BCUT2D eigenvalue weighted by Gasteiger charge is 2.38. The summed E-state index contributed by atoms with van der Waals surface area (Å²) in [4.78, 5) is 58.2. The zero-order valence-corrected chi connectivity index (χ0v) is 17.4. The van der Waals surface area contributed by atoms with Crippen molar-refractivity contribution in [2.24, 2.45) is 11.1 Å². The maximum atomic E-state index is 12.6. The van der Waals surface area contributed by atoms with Crippen LogP contribution in [0.5, 0.6) is 0 Å². The standard InChI is InChI=1S/C20H29N3O9/c21-18(31)12(7-15(26)27)23-19(32)10-5-11(17(30)13(24)6-10)22-14(25)8-20(9-16(28)29)3-1-2-4-20/h5,11-13,17,24,30H,1-4,6-9H2,(H2,21,31)(H,22,25)(H,23,32)(H,26,27)(H,28,29)/p-2/t11-,12-,13-,17-/m1/s1. The topological polar surface area (TPSA) is 222 Å². The van der Waals surface area contributed by atoms with Gasteiger partial charge in [-0.1, -0.05) is 18.9 Å². The van der Waals surface area contributed by atoms with Crippen LogP contribution in [-0.4, -0.2) is 64.2 Å². The summed E-state index contributed by atoms with van der Waals surface area (Å²) in [5.41, 5.74) is 4.23. The van der Waals surface area contributed by atoms with Crippen molar-refractivity contribution < 1.29 is 44.4 Å². The van der Waals surface area contributed by atoms with Crippen molar-refractivity contribution in [2.75, 3.05) is 0 Å². The molecule has 4 atom stereocenters. The summed E-state index contributed by atoms with van der Waals surface area (Å²) in [7, 11) is 0. The van der Waals surface area contributed by atoms with E-state index in [4.69, 9.17) is 5.73 Å². The minimum atomic E-state index is -1.61. The Morgan fingerprint density at radius 2 is 1.72 bits per heavy atom. The van der Waals surface area contributed by atoms with Gasteiger partial charge >= 0.3 is 0 Å². The van der Waals surface area contributed by atoms with E-state index in [-0.39, 0.29) is 24.8 Å². The van der Waals surface area contributed by atoms with Crippen LogP contribution in [0.3, 0.4) is 0 Å². The highest BCUT2D eigenvalue weighted by Crippen LogP contribution is 2.43. The molecule has 178 valence electrons. The Kier molecular flexibility index (Phi) is 8.33. The molecule has 0 unspecified atom stereocenters. The lowest BCUT2D eigenvalue weighted by atomic mass is 9.79. The molecule has 0 aromatic rings. The summed E-state index contributed by atoms with van der Waals surface area (Å²) < 4.78 is 0. The lowest BCUT2D eigenvalue weighted by Crippen LogP contribution is -2.53. The van der Waals surface area contributed by atoms with Crippen molar-refractivity contribution in [1.29, 1.82) is 0 Å². The largest absolute Gasteiger partial charge is 0.550 e. The summed E-state index contributed by atoms with van der Waals surface area (Å²) in [6, 6.07) is -2.71. The van der Waals surface area contributed by atoms with E-state index in [9.17, 15) is 44.4 Å². The van der Waals surface area contributed by atoms with Gasteiger partial charge in [-0.15, -0.1) is 0 Å². The fraction of sp³-hybridized carbons (Fsp3) is 0.650. The van der Waals surface area contributed by atoms with Crippen molar-refractivity contribution in [3.8, 4) is 0 Å². The number of nitrogens with one attached hydrogen (secondary N) is 2. The maximum Gasteiger partial charge on any atom is 0.247 e. The minimum Gasteiger partial charge on any atom is -0.550 e. The van der Waals surface area contributed by atoms with Gasteiger partial charge in [-0.2, -0.15) is 0 Å². The van der Waals surface area contributed by atoms with Crippen LogP contribution in [-0.2, 0) is 24.0 Å². The molecule has 0 aromatic heterocycles. The van der Waals surface area contributed by atoms with E-state index in [1.165, 1.54) is 6.08 Å². The van der Waals surface area contributed by atoms with Gasteiger partial charge < -0.3 is 46.4 Å². The Bertz CT molecular complexity index is 804. The molecule has 1 saturated carbocycles. The number of hydrogen-bond acceptors (Lipinski definition) is 9. The van der Waals surface area contributed by atoms with Gasteiger partial charge in [0.1, 0.15) is 12.1 Å². The average Bonchev–Trinajstić information content (AvgIpc) is 3.10. The third kappa shape index (κ3) is 6.76. The number of aliphatic hydroxyl groups excluding tert-OH is 2. The quantitative estimate of drug-likeness (QED) is 0.215. The zero-order valence-electron chi connectivity index (χ0n) is 17.4. The molecule has 2 aliphatic carbocycles. The highest BCUT2D eigenvalue weighted by atomic mass is 16.4. The van der Waals surface area contributed by atoms with Crippen molar-refractivity contribution in [3.63, 3.8) is 0 Å². The lowest BCUT2D eigenvalue weighted by Gasteiger charge is -2.33. The van der Waals surface area contributed by atoms with Crippen LogP contribution in [0.4, 0.5) is 0 Å². The molecule has 0 aromatic carbocycles. The number of nitrogens with two attached hydrogens (primary N) is 1. The molecule has 0 radical (unpaired) electrons. The second kappa shape index (κ2) is 10.6.